The minimum absolute atomic E-state index is 0.0448. The molecule has 0 radical (unpaired) electrons. The molecule has 0 aromatic heterocycles. The molecule has 2 aromatic carbocycles. The number of hydrogen-bond donors (Lipinski definition) is 3. The second kappa shape index (κ2) is 4.26. The van der Waals surface area contributed by atoms with Crippen LogP contribution in [0.1, 0.15) is 16.7 Å². The minimum atomic E-state index is -0.0448. The Labute approximate surface area is 106 Å². The van der Waals surface area contributed by atoms with Gasteiger partial charge in [0.2, 0.25) is 0 Å². The first-order valence-corrected chi connectivity index (χ1v) is 5.74. The fourth-order valence-corrected chi connectivity index (χ4v) is 2.16. The molecule has 0 aliphatic carbocycles. The zero-order valence-corrected chi connectivity index (χ0v) is 10.7. The highest BCUT2D eigenvalue weighted by atomic mass is 16.3. The number of benzene rings is 2. The van der Waals surface area contributed by atoms with Crippen LogP contribution in [-0.2, 0) is 0 Å². The van der Waals surface area contributed by atoms with Gasteiger partial charge in [0.05, 0.1) is 5.56 Å². The van der Waals surface area contributed by atoms with Crippen LogP contribution in [0.4, 0.5) is 0 Å². The van der Waals surface area contributed by atoms with Gasteiger partial charge in [0, 0.05) is 5.56 Å². The van der Waals surface area contributed by atoms with Crippen molar-refractivity contribution >= 4 is 0 Å². The van der Waals surface area contributed by atoms with E-state index in [4.69, 9.17) is 0 Å². The summed E-state index contributed by atoms with van der Waals surface area (Å²) in [6.07, 6.45) is 0. The van der Waals surface area contributed by atoms with Gasteiger partial charge in [-0.3, -0.25) is 0 Å². The third kappa shape index (κ3) is 1.78. The Balaban J connectivity index is 2.84. The molecule has 0 saturated heterocycles. The topological polar surface area (TPSA) is 60.7 Å². The monoisotopic (exact) mass is 244 g/mol. The summed E-state index contributed by atoms with van der Waals surface area (Å²) in [6, 6.07) is 6.18. The second-order valence-electron chi connectivity index (χ2n) is 4.51. The van der Waals surface area contributed by atoms with E-state index in [1.54, 1.807) is 12.1 Å². The van der Waals surface area contributed by atoms with E-state index in [-0.39, 0.29) is 22.8 Å². The highest BCUT2D eigenvalue weighted by Gasteiger charge is 2.18. The fraction of sp³-hybridized carbons (Fsp3) is 0.200. The largest absolute Gasteiger partial charge is 0.507 e. The van der Waals surface area contributed by atoms with Gasteiger partial charge in [-0.25, -0.2) is 0 Å². The first kappa shape index (κ1) is 12.3. The summed E-state index contributed by atoms with van der Waals surface area (Å²) in [4.78, 5) is 0. The van der Waals surface area contributed by atoms with Gasteiger partial charge in [-0.1, -0.05) is 6.07 Å². The summed E-state index contributed by atoms with van der Waals surface area (Å²) < 4.78 is 0. The molecule has 2 rings (SSSR count). The van der Waals surface area contributed by atoms with Crippen molar-refractivity contribution in [3.63, 3.8) is 0 Å². The number of aromatic hydroxyl groups is 3. The van der Waals surface area contributed by atoms with Gasteiger partial charge in [-0.05, 0) is 55.7 Å². The molecule has 0 spiro atoms. The van der Waals surface area contributed by atoms with E-state index < -0.39 is 0 Å². The first-order valence-electron chi connectivity index (χ1n) is 5.74. The molecule has 94 valence electrons. The van der Waals surface area contributed by atoms with E-state index in [9.17, 15) is 15.3 Å². The molecule has 0 atom stereocenters. The number of rotatable bonds is 1. The molecule has 2 aromatic rings. The molecule has 0 unspecified atom stereocenters. The van der Waals surface area contributed by atoms with E-state index in [2.05, 4.69) is 0 Å². The molecule has 0 aliphatic heterocycles. The quantitative estimate of drug-likeness (QED) is 0.720. The van der Waals surface area contributed by atoms with E-state index in [1.807, 2.05) is 20.8 Å². The minimum Gasteiger partial charge on any atom is -0.507 e. The van der Waals surface area contributed by atoms with Crippen LogP contribution in [0.3, 0.4) is 0 Å². The number of hydrogen-bond acceptors (Lipinski definition) is 3. The third-order valence-electron chi connectivity index (χ3n) is 3.41. The predicted molar refractivity (Wildman–Crippen MR) is 71.1 cm³/mol. The smallest absolute Gasteiger partial charge is 0.127 e. The van der Waals surface area contributed by atoms with Crippen LogP contribution in [0, 0.1) is 20.8 Å². The van der Waals surface area contributed by atoms with Crippen LogP contribution in [0.2, 0.25) is 0 Å². The SMILES string of the molecule is Cc1cc(O)c(-c2c(O)cccc2O)c(C)c1C. The Morgan fingerprint density at radius 2 is 1.28 bits per heavy atom. The maximum Gasteiger partial charge on any atom is 0.127 e. The Morgan fingerprint density at radius 1 is 0.722 bits per heavy atom. The highest BCUT2D eigenvalue weighted by molar-refractivity contribution is 5.83. The molecule has 0 fully saturated rings. The maximum absolute atomic E-state index is 10.1. The van der Waals surface area contributed by atoms with Crippen molar-refractivity contribution in [2.45, 2.75) is 20.8 Å². The van der Waals surface area contributed by atoms with Crippen molar-refractivity contribution in [1.29, 1.82) is 0 Å². The van der Waals surface area contributed by atoms with E-state index in [1.165, 1.54) is 12.1 Å². The Morgan fingerprint density at radius 3 is 1.83 bits per heavy atom. The van der Waals surface area contributed by atoms with E-state index in [0.29, 0.717) is 5.56 Å². The molecular weight excluding hydrogens is 228 g/mol. The lowest BCUT2D eigenvalue weighted by molar-refractivity contribution is 0.449. The molecule has 3 heteroatoms. The predicted octanol–water partition coefficient (Wildman–Crippen LogP) is 3.40. The van der Waals surface area contributed by atoms with Crippen LogP contribution in [0.25, 0.3) is 11.1 Å². The summed E-state index contributed by atoms with van der Waals surface area (Å²) in [7, 11) is 0. The lowest BCUT2D eigenvalue weighted by atomic mass is 9.92. The Hall–Kier alpha value is -2.16. The molecule has 3 N–H and O–H groups in total. The van der Waals surface area contributed by atoms with Crippen LogP contribution < -0.4 is 0 Å². The Bertz CT molecular complexity index is 595. The van der Waals surface area contributed by atoms with Gasteiger partial charge in [0.25, 0.3) is 0 Å². The fourth-order valence-electron chi connectivity index (χ4n) is 2.16. The molecular formula is C15H16O3. The number of aryl methyl sites for hydroxylation is 1. The number of phenolic OH excluding ortho intramolecular Hbond substituents is 3. The average Bonchev–Trinajstić information content (AvgIpc) is 2.30. The molecule has 0 aliphatic rings. The van der Waals surface area contributed by atoms with Gasteiger partial charge in [-0.15, -0.1) is 0 Å². The summed E-state index contributed by atoms with van der Waals surface area (Å²) in [6.45, 7) is 5.73. The number of phenols is 3. The molecule has 3 nitrogen and oxygen atoms in total. The van der Waals surface area contributed by atoms with Crippen LogP contribution in [-0.4, -0.2) is 15.3 Å². The second-order valence-corrected chi connectivity index (χ2v) is 4.51. The first-order chi connectivity index (χ1) is 8.43. The van der Waals surface area contributed by atoms with Crippen molar-refractivity contribution < 1.29 is 15.3 Å². The normalized spacial score (nSPS) is 10.6. The molecule has 0 heterocycles. The summed E-state index contributed by atoms with van der Waals surface area (Å²) >= 11 is 0. The standard InChI is InChI=1S/C15H16O3/c1-8-7-13(18)14(10(3)9(8)2)15-11(16)5-4-6-12(15)17/h4-7,16-18H,1-3H3. The van der Waals surface area contributed by atoms with Crippen molar-refractivity contribution in [3.8, 4) is 28.4 Å². The highest BCUT2D eigenvalue weighted by Crippen LogP contribution is 2.44. The molecule has 0 bridgehead atoms. The summed E-state index contributed by atoms with van der Waals surface area (Å²) in [5.41, 5.74) is 3.61. The van der Waals surface area contributed by atoms with Gasteiger partial charge >= 0.3 is 0 Å². The van der Waals surface area contributed by atoms with Crippen LogP contribution in [0.15, 0.2) is 24.3 Å². The summed E-state index contributed by atoms with van der Waals surface area (Å²) in [5.74, 6) is -0.0271. The van der Waals surface area contributed by atoms with Gasteiger partial charge < -0.3 is 15.3 Å². The third-order valence-corrected chi connectivity index (χ3v) is 3.41. The van der Waals surface area contributed by atoms with Gasteiger partial charge in [-0.2, -0.15) is 0 Å². The van der Waals surface area contributed by atoms with Crippen molar-refractivity contribution in [1.82, 2.24) is 0 Å². The summed E-state index contributed by atoms with van der Waals surface area (Å²) in [5, 5.41) is 29.8. The zero-order valence-electron chi connectivity index (χ0n) is 10.7. The lowest BCUT2D eigenvalue weighted by Crippen LogP contribution is -1.93. The lowest BCUT2D eigenvalue weighted by Gasteiger charge is -2.15. The van der Waals surface area contributed by atoms with Crippen molar-refractivity contribution in [3.05, 3.63) is 41.0 Å². The molecule has 0 saturated carbocycles. The average molecular weight is 244 g/mol. The van der Waals surface area contributed by atoms with Crippen molar-refractivity contribution in [2.75, 3.05) is 0 Å². The molecule has 0 amide bonds. The van der Waals surface area contributed by atoms with Gasteiger partial charge in [0.1, 0.15) is 17.2 Å². The van der Waals surface area contributed by atoms with Gasteiger partial charge in [0.15, 0.2) is 0 Å². The Kier molecular flexibility index (Phi) is 2.91. The van der Waals surface area contributed by atoms with E-state index >= 15 is 0 Å². The van der Waals surface area contributed by atoms with E-state index in [0.717, 1.165) is 16.7 Å². The zero-order chi connectivity index (χ0) is 13.4. The molecule has 18 heavy (non-hydrogen) atoms. The van der Waals surface area contributed by atoms with Crippen LogP contribution in [0.5, 0.6) is 17.2 Å². The maximum atomic E-state index is 10.1. The van der Waals surface area contributed by atoms with Crippen LogP contribution >= 0.6 is 0 Å². The van der Waals surface area contributed by atoms with Crippen molar-refractivity contribution in [2.24, 2.45) is 0 Å².